The third-order valence-electron chi connectivity index (χ3n) is 10.4. The minimum Gasteiger partial charge on any atom is -0.497 e. The van der Waals surface area contributed by atoms with Gasteiger partial charge in [-0.15, -0.1) is 11.8 Å². The zero-order chi connectivity index (χ0) is 30.1. The molecule has 8 rings (SSSR count). The first-order chi connectivity index (χ1) is 21.4. The number of thiazole rings is 1. The lowest BCUT2D eigenvalue weighted by Gasteiger charge is -2.43. The van der Waals surface area contributed by atoms with Crippen LogP contribution in [0.5, 0.6) is 11.5 Å². The first-order valence-electron chi connectivity index (χ1n) is 15.3. The number of rotatable bonds is 6. The van der Waals surface area contributed by atoms with E-state index in [4.69, 9.17) is 9.47 Å². The minimum absolute atomic E-state index is 0.0126. The average Bonchev–Trinajstić information content (AvgIpc) is 3.79. The van der Waals surface area contributed by atoms with Gasteiger partial charge >= 0.3 is 4.87 Å². The van der Waals surface area contributed by atoms with Crippen LogP contribution < -0.4 is 19.2 Å². The molecule has 2 saturated heterocycles. The van der Waals surface area contributed by atoms with Gasteiger partial charge in [-0.2, -0.15) is 0 Å². The Morgan fingerprint density at radius 2 is 1.59 bits per heavy atom. The van der Waals surface area contributed by atoms with E-state index in [1.165, 1.54) is 22.7 Å². The van der Waals surface area contributed by atoms with Gasteiger partial charge in [0, 0.05) is 29.1 Å². The van der Waals surface area contributed by atoms with Crippen molar-refractivity contribution in [1.82, 2.24) is 9.88 Å². The molecule has 7 atom stereocenters. The summed E-state index contributed by atoms with van der Waals surface area (Å²) in [6.45, 7) is 1.60. The van der Waals surface area contributed by atoms with Gasteiger partial charge in [0.15, 0.2) is 6.61 Å². The first kappa shape index (κ1) is 27.9. The molecule has 5 aliphatic rings. The number of hydrogen-bond acceptors (Lipinski definition) is 8. The average molecular weight is 632 g/mol. The number of thioether (sulfide) groups is 1. The Hall–Kier alpha value is -3.57. The number of imide groups is 1. The van der Waals surface area contributed by atoms with Gasteiger partial charge in [0.2, 0.25) is 11.8 Å². The maximum atomic E-state index is 14.0. The number of likely N-dealkylation sites (tertiary alicyclic amines) is 1. The van der Waals surface area contributed by atoms with E-state index in [9.17, 15) is 19.2 Å². The number of H-pyrrole nitrogens is 1. The van der Waals surface area contributed by atoms with Crippen LogP contribution in [0.1, 0.15) is 42.0 Å². The number of carbonyl (C=O) groups is 3. The van der Waals surface area contributed by atoms with Gasteiger partial charge in [-0.3, -0.25) is 24.1 Å². The molecule has 2 aromatic carbocycles. The molecule has 44 heavy (non-hydrogen) atoms. The molecule has 228 valence electrons. The molecule has 3 amide bonds. The molecule has 1 aromatic heterocycles. The zero-order valence-corrected chi connectivity index (χ0v) is 25.9. The number of aromatic amines is 1. The van der Waals surface area contributed by atoms with Crippen LogP contribution in [0, 0.1) is 29.6 Å². The van der Waals surface area contributed by atoms with Crippen LogP contribution >= 0.6 is 23.1 Å². The predicted octanol–water partition coefficient (Wildman–Crippen LogP) is 4.51. The summed E-state index contributed by atoms with van der Waals surface area (Å²) in [7, 11) is 1.59. The number of piperidine rings is 1. The molecule has 4 heterocycles. The lowest BCUT2D eigenvalue weighted by Crippen LogP contribution is -2.42. The number of carbonyl (C=O) groups excluding carboxylic acids is 3. The number of aromatic nitrogens is 1. The number of nitrogens with one attached hydrogen (secondary N) is 1. The lowest BCUT2D eigenvalue weighted by atomic mass is 9.68. The van der Waals surface area contributed by atoms with Gasteiger partial charge in [0.1, 0.15) is 11.5 Å². The molecule has 2 saturated carbocycles. The maximum Gasteiger partial charge on any atom is 0.305 e. The van der Waals surface area contributed by atoms with Crippen molar-refractivity contribution in [3.63, 3.8) is 0 Å². The SMILES string of the molecule is COc1ccc(N2C(=O)C3C4CC(C3C2=O)C2C4Sc3[nH]c(=O)sc3[C@@H]2c2ccc(OCC(=O)N3CCCCC3)cc2)cc1. The summed E-state index contributed by atoms with van der Waals surface area (Å²) in [4.78, 5) is 60.2. The molecule has 0 radical (unpaired) electrons. The van der Waals surface area contributed by atoms with E-state index in [2.05, 4.69) is 4.98 Å². The number of fused-ring (bicyclic) bond motifs is 9. The van der Waals surface area contributed by atoms with E-state index in [0.717, 1.165) is 47.8 Å². The Balaban J connectivity index is 1.07. The van der Waals surface area contributed by atoms with Crippen molar-refractivity contribution in [1.29, 1.82) is 0 Å². The molecular formula is C33H33N3O6S2. The number of hydrogen-bond donors (Lipinski definition) is 1. The van der Waals surface area contributed by atoms with Gasteiger partial charge < -0.3 is 19.4 Å². The van der Waals surface area contributed by atoms with Crippen molar-refractivity contribution in [3.05, 3.63) is 68.6 Å². The topological polar surface area (TPSA) is 109 Å². The monoisotopic (exact) mass is 631 g/mol. The van der Waals surface area contributed by atoms with E-state index in [-0.39, 0.29) is 70.0 Å². The number of ether oxygens (including phenoxy) is 2. The van der Waals surface area contributed by atoms with Gasteiger partial charge in [0.25, 0.3) is 5.91 Å². The van der Waals surface area contributed by atoms with E-state index in [1.807, 2.05) is 29.2 Å². The summed E-state index contributed by atoms with van der Waals surface area (Å²) in [5.41, 5.74) is 1.64. The fourth-order valence-corrected chi connectivity index (χ4v) is 11.4. The van der Waals surface area contributed by atoms with E-state index in [0.29, 0.717) is 17.2 Å². The number of nitrogens with zero attached hydrogens (tertiary/aromatic N) is 2. The third-order valence-corrected chi connectivity index (χ3v) is 13.0. The number of benzene rings is 2. The van der Waals surface area contributed by atoms with Crippen molar-refractivity contribution in [3.8, 4) is 11.5 Å². The summed E-state index contributed by atoms with van der Waals surface area (Å²) in [6, 6.07) is 14.9. The smallest absolute Gasteiger partial charge is 0.305 e. The van der Waals surface area contributed by atoms with Crippen LogP contribution in [0.25, 0.3) is 0 Å². The van der Waals surface area contributed by atoms with Crippen LogP contribution in [-0.4, -0.2) is 59.7 Å². The van der Waals surface area contributed by atoms with E-state index in [1.54, 1.807) is 43.1 Å². The molecule has 2 bridgehead atoms. The summed E-state index contributed by atoms with van der Waals surface area (Å²) in [6.07, 6.45) is 4.08. The second kappa shape index (κ2) is 10.8. The predicted molar refractivity (Wildman–Crippen MR) is 166 cm³/mol. The number of anilines is 1. The highest BCUT2D eigenvalue weighted by atomic mass is 32.2. The van der Waals surface area contributed by atoms with Crippen LogP contribution in [0.3, 0.4) is 0 Å². The lowest BCUT2D eigenvalue weighted by molar-refractivity contribution is -0.134. The molecular weight excluding hydrogens is 599 g/mol. The van der Waals surface area contributed by atoms with Crippen LogP contribution in [0.2, 0.25) is 0 Å². The molecule has 3 aromatic rings. The summed E-state index contributed by atoms with van der Waals surface area (Å²) >= 11 is 2.93. The van der Waals surface area contributed by atoms with Gasteiger partial charge in [-0.05, 0) is 85.4 Å². The van der Waals surface area contributed by atoms with Gasteiger partial charge in [-0.25, -0.2) is 0 Å². The molecule has 1 N–H and O–H groups in total. The summed E-state index contributed by atoms with van der Waals surface area (Å²) in [5.74, 6) is 0.517. The summed E-state index contributed by atoms with van der Waals surface area (Å²) < 4.78 is 11.1. The highest BCUT2D eigenvalue weighted by molar-refractivity contribution is 8.00. The van der Waals surface area contributed by atoms with Crippen LogP contribution in [0.15, 0.2) is 58.4 Å². The van der Waals surface area contributed by atoms with Crippen molar-refractivity contribution >= 4 is 46.5 Å². The highest BCUT2D eigenvalue weighted by Gasteiger charge is 2.69. The molecule has 3 aliphatic heterocycles. The highest BCUT2D eigenvalue weighted by Crippen LogP contribution is 2.68. The van der Waals surface area contributed by atoms with Crippen molar-refractivity contribution in [2.24, 2.45) is 29.6 Å². The fourth-order valence-electron chi connectivity index (χ4n) is 8.53. The van der Waals surface area contributed by atoms with Crippen LogP contribution in [0.4, 0.5) is 5.69 Å². The molecule has 6 unspecified atom stereocenters. The van der Waals surface area contributed by atoms with Crippen molar-refractivity contribution in [2.45, 2.75) is 41.9 Å². The molecule has 9 nitrogen and oxygen atoms in total. The zero-order valence-electron chi connectivity index (χ0n) is 24.3. The molecule has 0 spiro atoms. The first-order valence-corrected chi connectivity index (χ1v) is 17.0. The molecule has 2 aliphatic carbocycles. The van der Waals surface area contributed by atoms with E-state index < -0.39 is 0 Å². The van der Waals surface area contributed by atoms with Crippen molar-refractivity contribution < 1.29 is 23.9 Å². The Labute approximate surface area is 262 Å². The van der Waals surface area contributed by atoms with Crippen LogP contribution in [-0.2, 0) is 14.4 Å². The fraction of sp³-hybridized carbons (Fsp3) is 0.455. The Bertz CT molecular complexity index is 1680. The third kappa shape index (κ3) is 4.34. The number of amides is 3. The van der Waals surface area contributed by atoms with E-state index >= 15 is 0 Å². The standard InChI is InChI=1S/C33H33N3O6S2/c1-41-19-11-7-18(8-12-19)36-31(38)26-21-15-22(27(26)32(36)39)28-25(21)24(29-30(43-28)34-33(40)44-29)17-5-9-20(10-6-17)42-16-23(37)35-13-3-2-4-14-35/h5-12,21-22,24-28H,2-4,13-16H2,1H3,(H,34,40)/t21?,22?,24-,25?,26?,27?,28?/m1/s1. The molecule has 4 fully saturated rings. The Morgan fingerprint density at radius 1 is 0.909 bits per heavy atom. The van der Waals surface area contributed by atoms with Crippen molar-refractivity contribution in [2.75, 3.05) is 31.7 Å². The summed E-state index contributed by atoms with van der Waals surface area (Å²) in [5, 5.41) is 1.00. The quantitative estimate of drug-likeness (QED) is 0.399. The van der Waals surface area contributed by atoms with Gasteiger partial charge in [0.05, 0.1) is 29.7 Å². The Kier molecular flexibility index (Phi) is 6.86. The maximum absolute atomic E-state index is 14.0. The Morgan fingerprint density at radius 3 is 2.30 bits per heavy atom. The minimum atomic E-state index is -0.362. The largest absolute Gasteiger partial charge is 0.497 e. The van der Waals surface area contributed by atoms with Gasteiger partial charge in [-0.1, -0.05) is 23.5 Å². The second-order valence-corrected chi connectivity index (χ2v) is 14.7. The second-order valence-electron chi connectivity index (χ2n) is 12.5. The molecule has 11 heteroatoms. The normalized spacial score (nSPS) is 30.2. The number of methoxy groups -OCH3 is 1.